The average Bonchev–Trinajstić information content (AvgIpc) is 2.53. The summed E-state index contributed by atoms with van der Waals surface area (Å²) in [4.78, 5) is 2.53. The number of fused-ring (bicyclic) bond motifs is 5. The Hall–Kier alpha value is -0.860. The normalized spacial score (nSPS) is 29.1. The van der Waals surface area contributed by atoms with Crippen LogP contribution < -0.4 is 0 Å². The van der Waals surface area contributed by atoms with Crippen LogP contribution in [0.2, 0.25) is 0 Å². The van der Waals surface area contributed by atoms with Gasteiger partial charge in [0.1, 0.15) is 0 Å². The SMILES string of the molecule is CCCN1CC2OC(C1)c1ccccc12. The van der Waals surface area contributed by atoms with Crippen molar-refractivity contribution in [3.05, 3.63) is 35.4 Å². The Labute approximate surface area is 90.8 Å². The van der Waals surface area contributed by atoms with Crippen LogP contribution >= 0.6 is 0 Å². The molecule has 0 amide bonds. The van der Waals surface area contributed by atoms with Gasteiger partial charge in [-0.3, -0.25) is 4.90 Å². The molecule has 0 saturated carbocycles. The molecule has 0 aliphatic carbocycles. The summed E-state index contributed by atoms with van der Waals surface area (Å²) in [6.45, 7) is 5.58. The minimum Gasteiger partial charge on any atom is -0.363 e. The third-order valence-electron chi connectivity index (χ3n) is 3.41. The summed E-state index contributed by atoms with van der Waals surface area (Å²) in [5.41, 5.74) is 2.84. The van der Waals surface area contributed by atoms with Crippen LogP contribution in [0, 0.1) is 0 Å². The number of rotatable bonds is 2. The van der Waals surface area contributed by atoms with Crippen molar-refractivity contribution in [2.75, 3.05) is 19.6 Å². The highest BCUT2D eigenvalue weighted by molar-refractivity contribution is 5.36. The lowest BCUT2D eigenvalue weighted by Gasteiger charge is -2.32. The second-order valence-corrected chi connectivity index (χ2v) is 4.50. The first-order valence-electron chi connectivity index (χ1n) is 5.85. The van der Waals surface area contributed by atoms with E-state index in [1.165, 1.54) is 24.1 Å². The minimum atomic E-state index is 0.325. The van der Waals surface area contributed by atoms with E-state index >= 15 is 0 Å². The molecule has 2 nitrogen and oxygen atoms in total. The van der Waals surface area contributed by atoms with Crippen LogP contribution in [0.5, 0.6) is 0 Å². The molecule has 2 aliphatic heterocycles. The molecule has 1 saturated heterocycles. The first-order chi connectivity index (χ1) is 7.38. The van der Waals surface area contributed by atoms with Gasteiger partial charge in [0.2, 0.25) is 0 Å². The smallest absolute Gasteiger partial charge is 0.0964 e. The number of hydrogen-bond acceptors (Lipinski definition) is 2. The maximum absolute atomic E-state index is 6.00. The Morgan fingerprint density at radius 2 is 1.80 bits per heavy atom. The summed E-state index contributed by atoms with van der Waals surface area (Å²) >= 11 is 0. The number of benzene rings is 1. The van der Waals surface area contributed by atoms with E-state index in [-0.39, 0.29) is 0 Å². The van der Waals surface area contributed by atoms with Gasteiger partial charge in [-0.1, -0.05) is 31.2 Å². The molecule has 0 spiro atoms. The van der Waals surface area contributed by atoms with Gasteiger partial charge in [-0.05, 0) is 24.1 Å². The first-order valence-corrected chi connectivity index (χ1v) is 5.85. The molecule has 0 radical (unpaired) electrons. The number of morpholine rings is 1. The molecule has 2 heterocycles. The van der Waals surface area contributed by atoms with Gasteiger partial charge in [0.15, 0.2) is 0 Å². The van der Waals surface area contributed by atoms with E-state index < -0.39 is 0 Å². The van der Waals surface area contributed by atoms with Crippen molar-refractivity contribution in [3.8, 4) is 0 Å². The van der Waals surface area contributed by atoms with E-state index in [2.05, 4.69) is 36.1 Å². The van der Waals surface area contributed by atoms with Crippen LogP contribution in [-0.2, 0) is 4.74 Å². The largest absolute Gasteiger partial charge is 0.363 e. The van der Waals surface area contributed by atoms with Gasteiger partial charge < -0.3 is 4.74 Å². The van der Waals surface area contributed by atoms with Gasteiger partial charge in [0, 0.05) is 13.1 Å². The Balaban J connectivity index is 1.88. The number of nitrogens with zero attached hydrogens (tertiary/aromatic N) is 1. The van der Waals surface area contributed by atoms with Gasteiger partial charge in [-0.2, -0.15) is 0 Å². The van der Waals surface area contributed by atoms with E-state index in [1.54, 1.807) is 0 Å². The minimum absolute atomic E-state index is 0.325. The maximum atomic E-state index is 6.00. The van der Waals surface area contributed by atoms with Crippen molar-refractivity contribution < 1.29 is 4.74 Å². The Morgan fingerprint density at radius 3 is 2.33 bits per heavy atom. The third kappa shape index (κ3) is 1.48. The maximum Gasteiger partial charge on any atom is 0.0964 e. The molecule has 2 unspecified atom stereocenters. The second-order valence-electron chi connectivity index (χ2n) is 4.50. The molecule has 1 aromatic carbocycles. The van der Waals surface area contributed by atoms with E-state index in [1.807, 2.05) is 0 Å². The molecule has 0 N–H and O–H groups in total. The first kappa shape index (κ1) is 9.37. The summed E-state index contributed by atoms with van der Waals surface area (Å²) in [5, 5.41) is 0. The van der Waals surface area contributed by atoms with Crippen LogP contribution in [-0.4, -0.2) is 24.5 Å². The zero-order valence-corrected chi connectivity index (χ0v) is 9.15. The van der Waals surface area contributed by atoms with E-state index in [0.717, 1.165) is 13.1 Å². The molecule has 3 rings (SSSR count). The van der Waals surface area contributed by atoms with Crippen LogP contribution in [0.3, 0.4) is 0 Å². The molecule has 2 heteroatoms. The van der Waals surface area contributed by atoms with Gasteiger partial charge in [-0.25, -0.2) is 0 Å². The molecule has 2 aliphatic rings. The molecule has 1 fully saturated rings. The topological polar surface area (TPSA) is 12.5 Å². The van der Waals surface area contributed by atoms with E-state index in [4.69, 9.17) is 4.74 Å². The summed E-state index contributed by atoms with van der Waals surface area (Å²) in [6, 6.07) is 8.67. The van der Waals surface area contributed by atoms with Crippen molar-refractivity contribution in [2.24, 2.45) is 0 Å². The van der Waals surface area contributed by atoms with Gasteiger partial charge in [0.05, 0.1) is 12.2 Å². The molecule has 80 valence electrons. The van der Waals surface area contributed by atoms with Crippen LogP contribution in [0.4, 0.5) is 0 Å². The predicted molar refractivity (Wildman–Crippen MR) is 59.7 cm³/mol. The second kappa shape index (κ2) is 3.62. The lowest BCUT2D eigenvalue weighted by Crippen LogP contribution is -2.36. The quantitative estimate of drug-likeness (QED) is 0.732. The molecular formula is C13H17NO. The van der Waals surface area contributed by atoms with E-state index in [0.29, 0.717) is 12.2 Å². The van der Waals surface area contributed by atoms with Gasteiger partial charge in [0.25, 0.3) is 0 Å². The molecule has 1 aromatic rings. The highest BCUT2D eigenvalue weighted by Gasteiger charge is 2.37. The van der Waals surface area contributed by atoms with Crippen LogP contribution in [0.1, 0.15) is 36.7 Å². The zero-order chi connectivity index (χ0) is 10.3. The molecule has 2 atom stereocenters. The number of hydrogen-bond donors (Lipinski definition) is 0. The summed E-state index contributed by atoms with van der Waals surface area (Å²) in [5.74, 6) is 0. The standard InChI is InChI=1S/C13H17NO/c1-2-7-14-8-12-10-5-3-4-6-11(10)13(9-14)15-12/h3-6,12-13H,2,7-9H2,1H3. The fourth-order valence-corrected chi connectivity index (χ4v) is 2.77. The summed E-state index contributed by atoms with van der Waals surface area (Å²) in [6.07, 6.45) is 1.88. The van der Waals surface area contributed by atoms with Gasteiger partial charge in [-0.15, -0.1) is 0 Å². The van der Waals surface area contributed by atoms with Crippen LogP contribution in [0.15, 0.2) is 24.3 Å². The number of ether oxygens (including phenoxy) is 1. The van der Waals surface area contributed by atoms with Crippen molar-refractivity contribution in [3.63, 3.8) is 0 Å². The monoisotopic (exact) mass is 203 g/mol. The highest BCUT2D eigenvalue weighted by Crippen LogP contribution is 2.42. The Kier molecular flexibility index (Phi) is 2.26. The highest BCUT2D eigenvalue weighted by atomic mass is 16.5. The average molecular weight is 203 g/mol. The predicted octanol–water partition coefficient (Wildman–Crippen LogP) is 2.52. The zero-order valence-electron chi connectivity index (χ0n) is 9.15. The molecule has 2 bridgehead atoms. The van der Waals surface area contributed by atoms with Crippen molar-refractivity contribution in [1.82, 2.24) is 4.90 Å². The lowest BCUT2D eigenvalue weighted by molar-refractivity contribution is -0.0676. The Bertz CT molecular complexity index is 332. The lowest BCUT2D eigenvalue weighted by atomic mass is 10.0. The summed E-state index contributed by atoms with van der Waals surface area (Å²) in [7, 11) is 0. The van der Waals surface area contributed by atoms with Crippen molar-refractivity contribution >= 4 is 0 Å². The molecule has 0 aromatic heterocycles. The van der Waals surface area contributed by atoms with E-state index in [9.17, 15) is 0 Å². The third-order valence-corrected chi connectivity index (χ3v) is 3.41. The fraction of sp³-hybridized carbons (Fsp3) is 0.538. The van der Waals surface area contributed by atoms with Crippen molar-refractivity contribution in [1.29, 1.82) is 0 Å². The van der Waals surface area contributed by atoms with Crippen LogP contribution in [0.25, 0.3) is 0 Å². The van der Waals surface area contributed by atoms with Gasteiger partial charge >= 0.3 is 0 Å². The Morgan fingerprint density at radius 1 is 1.20 bits per heavy atom. The summed E-state index contributed by atoms with van der Waals surface area (Å²) < 4.78 is 6.00. The fourth-order valence-electron chi connectivity index (χ4n) is 2.77. The molecule has 15 heavy (non-hydrogen) atoms. The molecular weight excluding hydrogens is 186 g/mol. The van der Waals surface area contributed by atoms with Crippen molar-refractivity contribution in [2.45, 2.75) is 25.6 Å².